The number of carboxylic acid groups (broad SMARTS) is 1. The van der Waals surface area contributed by atoms with Gasteiger partial charge in [-0.25, -0.2) is 8.42 Å². The van der Waals surface area contributed by atoms with E-state index < -0.39 is 15.8 Å². The molecule has 0 bridgehead atoms. The fourth-order valence-electron chi connectivity index (χ4n) is 1.10. The van der Waals surface area contributed by atoms with E-state index >= 15 is 0 Å². The molecular formula is C10H20N4O4S2. The largest absolute Gasteiger partial charge is 0.481 e. The zero-order valence-electron chi connectivity index (χ0n) is 11.7. The third-order valence-corrected chi connectivity index (χ3v) is 4.20. The van der Waals surface area contributed by atoms with Crippen molar-refractivity contribution in [3.63, 3.8) is 0 Å². The molecule has 0 saturated heterocycles. The van der Waals surface area contributed by atoms with Gasteiger partial charge in [0.1, 0.15) is 15.7 Å². The molecule has 0 atom stereocenters. The van der Waals surface area contributed by atoms with Gasteiger partial charge in [0.25, 0.3) is 5.97 Å². The van der Waals surface area contributed by atoms with Gasteiger partial charge in [0.2, 0.25) is 0 Å². The topological polar surface area (TPSA) is 128 Å². The molecule has 0 radical (unpaired) electrons. The van der Waals surface area contributed by atoms with Crippen molar-refractivity contribution in [2.24, 2.45) is 12.8 Å². The summed E-state index contributed by atoms with van der Waals surface area (Å²) in [5, 5.41) is 16.1. The maximum atomic E-state index is 10.9. The monoisotopic (exact) mass is 324 g/mol. The first-order valence-corrected chi connectivity index (χ1v) is 8.80. The van der Waals surface area contributed by atoms with Crippen LogP contribution >= 0.6 is 11.8 Å². The fraction of sp³-hybridized carbons (Fsp3) is 0.700. The Hall–Kier alpha value is -1.13. The number of aromatic nitrogens is 3. The molecule has 0 unspecified atom stereocenters. The van der Waals surface area contributed by atoms with Crippen molar-refractivity contribution in [1.82, 2.24) is 14.8 Å². The molecule has 0 aliphatic rings. The van der Waals surface area contributed by atoms with Gasteiger partial charge < -0.3 is 15.4 Å². The summed E-state index contributed by atoms with van der Waals surface area (Å²) in [7, 11) is -1.05. The SMILES string of the molecule is CC(=O)O.Cn1c(CCN)nnc1SCCS(C)(=O)=O. The maximum Gasteiger partial charge on any atom is 0.300 e. The third kappa shape index (κ3) is 8.88. The van der Waals surface area contributed by atoms with Gasteiger partial charge in [0.05, 0.1) is 5.75 Å². The summed E-state index contributed by atoms with van der Waals surface area (Å²) in [4.78, 5) is 9.00. The Bertz CT molecular complexity index is 523. The van der Waals surface area contributed by atoms with E-state index in [-0.39, 0.29) is 5.75 Å². The van der Waals surface area contributed by atoms with Gasteiger partial charge in [0, 0.05) is 32.4 Å². The first kappa shape index (κ1) is 18.9. The van der Waals surface area contributed by atoms with Gasteiger partial charge in [-0.05, 0) is 6.54 Å². The predicted octanol–water partition coefficient (Wildman–Crippen LogP) is -0.456. The summed E-state index contributed by atoms with van der Waals surface area (Å²) >= 11 is 1.39. The number of hydrogen-bond donors (Lipinski definition) is 2. The van der Waals surface area contributed by atoms with Crippen molar-refractivity contribution in [1.29, 1.82) is 0 Å². The number of hydrogen-bond acceptors (Lipinski definition) is 7. The van der Waals surface area contributed by atoms with Crippen LogP contribution in [-0.4, -0.2) is 58.6 Å². The van der Waals surface area contributed by atoms with Crippen molar-refractivity contribution in [3.8, 4) is 0 Å². The maximum absolute atomic E-state index is 10.9. The lowest BCUT2D eigenvalue weighted by Gasteiger charge is -2.02. The summed E-state index contributed by atoms with van der Waals surface area (Å²) in [6.45, 7) is 1.61. The Morgan fingerprint density at radius 2 is 2.00 bits per heavy atom. The van der Waals surface area contributed by atoms with Crippen LogP contribution in [0.25, 0.3) is 0 Å². The molecule has 0 aromatic carbocycles. The van der Waals surface area contributed by atoms with Crippen LogP contribution in [0.15, 0.2) is 5.16 Å². The second-order valence-electron chi connectivity index (χ2n) is 3.99. The molecule has 0 aliphatic carbocycles. The van der Waals surface area contributed by atoms with Gasteiger partial charge in [-0.3, -0.25) is 4.79 Å². The lowest BCUT2D eigenvalue weighted by Crippen LogP contribution is -2.09. The minimum Gasteiger partial charge on any atom is -0.481 e. The van der Waals surface area contributed by atoms with Crippen LogP contribution in [0.3, 0.4) is 0 Å². The highest BCUT2D eigenvalue weighted by atomic mass is 32.2. The van der Waals surface area contributed by atoms with Crippen LogP contribution in [0, 0.1) is 0 Å². The molecule has 0 spiro atoms. The molecule has 0 amide bonds. The molecule has 1 aromatic heterocycles. The lowest BCUT2D eigenvalue weighted by molar-refractivity contribution is -0.134. The highest BCUT2D eigenvalue weighted by Crippen LogP contribution is 2.15. The van der Waals surface area contributed by atoms with E-state index in [9.17, 15) is 8.42 Å². The van der Waals surface area contributed by atoms with Crippen LogP contribution in [0.2, 0.25) is 0 Å². The number of aliphatic carboxylic acids is 1. The molecule has 0 aliphatic heterocycles. The van der Waals surface area contributed by atoms with Crippen LogP contribution in [-0.2, 0) is 28.1 Å². The number of nitrogens with two attached hydrogens (primary N) is 1. The van der Waals surface area contributed by atoms with E-state index in [1.54, 1.807) is 0 Å². The predicted molar refractivity (Wildman–Crippen MR) is 77.5 cm³/mol. The molecule has 1 rings (SSSR count). The van der Waals surface area contributed by atoms with E-state index in [2.05, 4.69) is 10.2 Å². The van der Waals surface area contributed by atoms with Crippen LogP contribution in [0.5, 0.6) is 0 Å². The summed E-state index contributed by atoms with van der Waals surface area (Å²) in [5.74, 6) is 0.633. The number of carboxylic acids is 1. The molecule has 3 N–H and O–H groups in total. The normalized spacial score (nSPS) is 10.8. The second kappa shape index (κ2) is 8.93. The average molecular weight is 324 g/mol. The van der Waals surface area contributed by atoms with Crippen LogP contribution in [0.4, 0.5) is 0 Å². The van der Waals surface area contributed by atoms with Gasteiger partial charge in [-0.15, -0.1) is 10.2 Å². The summed E-state index contributed by atoms with van der Waals surface area (Å²) in [6.07, 6.45) is 1.90. The van der Waals surface area contributed by atoms with Crippen molar-refractivity contribution in [3.05, 3.63) is 5.82 Å². The summed E-state index contributed by atoms with van der Waals surface area (Å²) in [5.41, 5.74) is 5.43. The quantitative estimate of drug-likeness (QED) is 0.673. The third-order valence-electron chi connectivity index (χ3n) is 1.98. The van der Waals surface area contributed by atoms with Gasteiger partial charge in [0.15, 0.2) is 5.16 Å². The standard InChI is InChI=1S/C8H16N4O2S2.C2H4O2/c1-12-7(3-4-9)10-11-8(12)15-5-6-16(2,13)14;1-2(3)4/h3-6,9H2,1-2H3;1H3,(H,3,4). The number of thioether (sulfide) groups is 1. The molecule has 10 heteroatoms. The molecule has 1 heterocycles. The zero-order chi connectivity index (χ0) is 15.8. The minimum atomic E-state index is -2.91. The van der Waals surface area contributed by atoms with Gasteiger partial charge in [-0.2, -0.15) is 0 Å². The van der Waals surface area contributed by atoms with E-state index in [4.69, 9.17) is 15.6 Å². The smallest absolute Gasteiger partial charge is 0.300 e. The Morgan fingerprint density at radius 3 is 2.45 bits per heavy atom. The molecule has 116 valence electrons. The van der Waals surface area contributed by atoms with Crippen molar-refractivity contribution < 1.29 is 18.3 Å². The van der Waals surface area contributed by atoms with Crippen LogP contribution < -0.4 is 5.73 Å². The van der Waals surface area contributed by atoms with E-state index in [1.807, 2.05) is 11.6 Å². The molecule has 0 saturated carbocycles. The second-order valence-corrected chi connectivity index (χ2v) is 7.32. The highest BCUT2D eigenvalue weighted by molar-refractivity contribution is 8.00. The molecule has 20 heavy (non-hydrogen) atoms. The summed E-state index contributed by atoms with van der Waals surface area (Å²) < 4.78 is 23.7. The molecule has 8 nitrogen and oxygen atoms in total. The lowest BCUT2D eigenvalue weighted by atomic mass is 10.4. The number of rotatable bonds is 6. The van der Waals surface area contributed by atoms with Gasteiger partial charge in [-0.1, -0.05) is 11.8 Å². The van der Waals surface area contributed by atoms with Crippen LogP contribution in [0.1, 0.15) is 12.7 Å². The van der Waals surface area contributed by atoms with Crippen molar-refractivity contribution in [2.75, 3.05) is 24.3 Å². The zero-order valence-corrected chi connectivity index (χ0v) is 13.4. The van der Waals surface area contributed by atoms with Gasteiger partial charge >= 0.3 is 0 Å². The number of sulfone groups is 1. The van der Waals surface area contributed by atoms with E-state index in [0.29, 0.717) is 18.7 Å². The molecule has 1 aromatic rings. The number of nitrogens with zero attached hydrogens (tertiary/aromatic N) is 3. The first-order valence-electron chi connectivity index (χ1n) is 5.75. The van der Waals surface area contributed by atoms with Crippen molar-refractivity contribution in [2.45, 2.75) is 18.5 Å². The Labute approximate surface area is 122 Å². The summed E-state index contributed by atoms with van der Waals surface area (Å²) in [6, 6.07) is 0. The van der Waals surface area contributed by atoms with Crippen molar-refractivity contribution >= 4 is 27.6 Å². The highest BCUT2D eigenvalue weighted by Gasteiger charge is 2.09. The molecule has 0 fully saturated rings. The Kier molecular flexibility index (Phi) is 8.42. The average Bonchev–Trinajstić information content (AvgIpc) is 2.60. The number of carbonyl (C=O) groups is 1. The van der Waals surface area contributed by atoms with E-state index in [1.165, 1.54) is 18.0 Å². The first-order chi connectivity index (χ1) is 9.17. The Balaban J connectivity index is 0.000000796. The molecular weight excluding hydrogens is 304 g/mol. The fourth-order valence-corrected chi connectivity index (χ4v) is 3.23. The van der Waals surface area contributed by atoms with E-state index in [0.717, 1.165) is 17.9 Å². The Morgan fingerprint density at radius 1 is 1.45 bits per heavy atom. The minimum absolute atomic E-state index is 0.150.